The van der Waals surface area contributed by atoms with Gasteiger partial charge in [-0.15, -0.1) is 0 Å². The molecule has 3 nitrogen and oxygen atoms in total. The van der Waals surface area contributed by atoms with Gasteiger partial charge in [0, 0.05) is 26.4 Å². The number of carbonyl (C=O) groups is 1. The fourth-order valence-electron chi connectivity index (χ4n) is 0.952. The second-order valence-electron chi connectivity index (χ2n) is 3.16. The Balaban J connectivity index is 0.00000106. The summed E-state index contributed by atoms with van der Waals surface area (Å²) in [6.07, 6.45) is 10.6. The van der Waals surface area contributed by atoms with E-state index >= 15 is 0 Å². The van der Waals surface area contributed by atoms with Crippen LogP contribution in [0.25, 0.3) is 0 Å². The van der Waals surface area contributed by atoms with E-state index in [0.717, 1.165) is 0 Å². The number of aliphatic imine (C=N–C) groups is 1. The third-order valence-electron chi connectivity index (χ3n) is 1.64. The second-order valence-corrected chi connectivity index (χ2v) is 3.16. The molecule has 0 atom stereocenters. The normalized spacial score (nSPS) is 13.9. The van der Waals surface area contributed by atoms with Gasteiger partial charge in [0.25, 0.3) is 0 Å². The Labute approximate surface area is 97.9 Å². The lowest BCUT2D eigenvalue weighted by atomic mass is 10.2. The molecule has 0 unspecified atom stereocenters. The van der Waals surface area contributed by atoms with E-state index in [4.69, 9.17) is 0 Å². The van der Waals surface area contributed by atoms with E-state index in [2.05, 4.69) is 4.99 Å². The molecule has 0 amide bonds. The Morgan fingerprint density at radius 3 is 2.69 bits per heavy atom. The zero-order chi connectivity index (χ0) is 12.4. The van der Waals surface area contributed by atoms with E-state index in [1.54, 1.807) is 12.3 Å². The highest BCUT2D eigenvalue weighted by atomic mass is 16.1. The van der Waals surface area contributed by atoms with Crippen LogP contribution < -0.4 is 0 Å². The van der Waals surface area contributed by atoms with Gasteiger partial charge >= 0.3 is 0 Å². The maximum atomic E-state index is 11.5. The Morgan fingerprint density at radius 2 is 2.06 bits per heavy atom. The van der Waals surface area contributed by atoms with Gasteiger partial charge in [-0.1, -0.05) is 32.1 Å². The van der Waals surface area contributed by atoms with Crippen molar-refractivity contribution in [3.8, 4) is 0 Å². The Morgan fingerprint density at radius 1 is 1.38 bits per heavy atom. The predicted molar refractivity (Wildman–Crippen MR) is 69.8 cm³/mol. The average Bonchev–Trinajstić information content (AvgIpc) is 2.57. The second kappa shape index (κ2) is 8.65. The third kappa shape index (κ3) is 5.96. The molecule has 0 saturated heterocycles. The molecule has 0 aromatic heterocycles. The summed E-state index contributed by atoms with van der Waals surface area (Å²) in [6, 6.07) is 0. The Bertz CT molecular complexity index is 323. The molecule has 0 bridgehead atoms. The van der Waals surface area contributed by atoms with Gasteiger partial charge in [0.1, 0.15) is 5.71 Å². The molecule has 0 spiro atoms. The molecule has 3 heteroatoms. The van der Waals surface area contributed by atoms with Crippen LogP contribution in [0.1, 0.15) is 13.8 Å². The molecule has 0 N–H and O–H groups in total. The van der Waals surface area contributed by atoms with Gasteiger partial charge in [0.05, 0.1) is 6.54 Å². The molecule has 0 aromatic carbocycles. The van der Waals surface area contributed by atoms with Gasteiger partial charge < -0.3 is 4.90 Å². The molecule has 0 aromatic rings. The van der Waals surface area contributed by atoms with E-state index < -0.39 is 0 Å². The van der Waals surface area contributed by atoms with E-state index in [0.29, 0.717) is 12.3 Å². The lowest BCUT2D eigenvalue weighted by Gasteiger charge is -2.02. The van der Waals surface area contributed by atoms with E-state index in [-0.39, 0.29) is 5.78 Å². The van der Waals surface area contributed by atoms with E-state index in [1.165, 1.54) is 6.08 Å². The van der Waals surface area contributed by atoms with Crippen LogP contribution in [-0.4, -0.2) is 37.0 Å². The summed E-state index contributed by atoms with van der Waals surface area (Å²) >= 11 is 0. The largest absolute Gasteiger partial charge is 0.383 e. The summed E-state index contributed by atoms with van der Waals surface area (Å²) in [6.45, 7) is 4.57. The summed E-state index contributed by atoms with van der Waals surface area (Å²) in [5.41, 5.74) is 0.508. The van der Waals surface area contributed by atoms with Crippen molar-refractivity contribution in [3.05, 3.63) is 36.6 Å². The summed E-state index contributed by atoms with van der Waals surface area (Å²) in [5, 5.41) is 0. The molecule has 1 rings (SSSR count). The Kier molecular flexibility index (Phi) is 7.76. The zero-order valence-electron chi connectivity index (χ0n) is 10.5. The Hall–Kier alpha value is -1.64. The van der Waals surface area contributed by atoms with Gasteiger partial charge in [0.15, 0.2) is 0 Å². The van der Waals surface area contributed by atoms with Crippen molar-refractivity contribution in [2.75, 3.05) is 20.6 Å². The number of nitrogens with zero attached hydrogens (tertiary/aromatic N) is 2. The molecular weight excluding hydrogens is 200 g/mol. The molecule has 1 heterocycles. The molecule has 16 heavy (non-hydrogen) atoms. The van der Waals surface area contributed by atoms with E-state index in [1.807, 2.05) is 51.1 Å². The molecule has 88 valence electrons. The van der Waals surface area contributed by atoms with Gasteiger partial charge in [-0.3, -0.25) is 9.79 Å². The molecular formula is C13H20N2O. The van der Waals surface area contributed by atoms with Crippen LogP contribution in [0.2, 0.25) is 0 Å². The zero-order valence-corrected chi connectivity index (χ0v) is 10.5. The number of hydrogen-bond donors (Lipinski definition) is 0. The van der Waals surface area contributed by atoms with Crippen molar-refractivity contribution in [1.82, 2.24) is 4.90 Å². The number of carbonyl (C=O) groups excluding carboxylic acids is 1. The van der Waals surface area contributed by atoms with E-state index in [9.17, 15) is 4.79 Å². The van der Waals surface area contributed by atoms with Gasteiger partial charge in [0.2, 0.25) is 5.78 Å². The number of allylic oxidation sites excluding steroid dienone is 4. The van der Waals surface area contributed by atoms with Crippen LogP contribution in [0.15, 0.2) is 41.6 Å². The van der Waals surface area contributed by atoms with Crippen molar-refractivity contribution < 1.29 is 4.79 Å². The minimum atomic E-state index is -0.0568. The first kappa shape index (κ1) is 14.4. The smallest absolute Gasteiger partial charge is 0.205 e. The highest BCUT2D eigenvalue weighted by Gasteiger charge is 2.03. The lowest BCUT2D eigenvalue weighted by Crippen LogP contribution is -2.10. The fraction of sp³-hybridized carbons (Fsp3) is 0.385. The molecule has 0 radical (unpaired) electrons. The highest BCUT2D eigenvalue weighted by molar-refractivity contribution is 6.48. The van der Waals surface area contributed by atoms with Crippen molar-refractivity contribution in [2.24, 2.45) is 4.99 Å². The van der Waals surface area contributed by atoms with Crippen LogP contribution in [0.3, 0.4) is 0 Å². The molecule has 1 aliphatic heterocycles. The quantitative estimate of drug-likeness (QED) is 0.683. The number of ketones is 1. The minimum Gasteiger partial charge on any atom is -0.383 e. The van der Waals surface area contributed by atoms with Crippen LogP contribution in [-0.2, 0) is 4.79 Å². The SMILES string of the molecule is CC.CN(C)/C=C/C(=O)C1=NCC=CC=C1. The fourth-order valence-corrected chi connectivity index (χ4v) is 0.952. The predicted octanol–water partition coefficient (Wildman–Crippen LogP) is 2.22. The topological polar surface area (TPSA) is 32.7 Å². The maximum absolute atomic E-state index is 11.5. The van der Waals surface area contributed by atoms with Crippen LogP contribution in [0, 0.1) is 0 Å². The highest BCUT2D eigenvalue weighted by Crippen LogP contribution is 1.94. The first-order valence-corrected chi connectivity index (χ1v) is 5.47. The van der Waals surface area contributed by atoms with Crippen molar-refractivity contribution in [1.29, 1.82) is 0 Å². The standard InChI is InChI=1S/C11H14N2O.C2H6/c1-13(2)9-7-11(14)10-6-4-3-5-8-12-10;1-2/h3-7,9H,8H2,1-2H3;1-2H3/b9-7+;. The first-order valence-electron chi connectivity index (χ1n) is 5.47. The van der Waals surface area contributed by atoms with Crippen molar-refractivity contribution in [2.45, 2.75) is 13.8 Å². The van der Waals surface area contributed by atoms with Crippen LogP contribution >= 0.6 is 0 Å². The molecule has 0 aliphatic carbocycles. The van der Waals surface area contributed by atoms with Gasteiger partial charge in [-0.2, -0.15) is 0 Å². The van der Waals surface area contributed by atoms with Gasteiger partial charge in [-0.25, -0.2) is 0 Å². The molecule has 0 fully saturated rings. The molecule has 1 aliphatic rings. The molecule has 0 saturated carbocycles. The summed E-state index contributed by atoms with van der Waals surface area (Å²) in [7, 11) is 3.74. The van der Waals surface area contributed by atoms with Crippen molar-refractivity contribution >= 4 is 11.5 Å². The maximum Gasteiger partial charge on any atom is 0.205 e. The summed E-state index contributed by atoms with van der Waals surface area (Å²) in [5.74, 6) is -0.0568. The number of hydrogen-bond acceptors (Lipinski definition) is 3. The number of rotatable bonds is 3. The average molecular weight is 220 g/mol. The summed E-state index contributed by atoms with van der Waals surface area (Å²) in [4.78, 5) is 17.5. The third-order valence-corrected chi connectivity index (χ3v) is 1.64. The van der Waals surface area contributed by atoms with Gasteiger partial charge in [-0.05, 0) is 6.08 Å². The van der Waals surface area contributed by atoms with Crippen molar-refractivity contribution in [3.63, 3.8) is 0 Å². The van der Waals surface area contributed by atoms with Crippen LogP contribution in [0.4, 0.5) is 0 Å². The summed E-state index contributed by atoms with van der Waals surface area (Å²) < 4.78 is 0. The lowest BCUT2D eigenvalue weighted by molar-refractivity contribution is -0.108. The minimum absolute atomic E-state index is 0.0568. The monoisotopic (exact) mass is 220 g/mol. The van der Waals surface area contributed by atoms with Crippen LogP contribution in [0.5, 0.6) is 0 Å². The first-order chi connectivity index (χ1) is 7.70.